The summed E-state index contributed by atoms with van der Waals surface area (Å²) < 4.78 is 11.7. The molecule has 1 aromatic heterocycles. The van der Waals surface area contributed by atoms with E-state index < -0.39 is 12.1 Å². The van der Waals surface area contributed by atoms with Crippen molar-refractivity contribution in [3.05, 3.63) is 101 Å². The number of halogens is 1. The van der Waals surface area contributed by atoms with Crippen LogP contribution in [-0.4, -0.2) is 22.2 Å². The van der Waals surface area contributed by atoms with E-state index in [-0.39, 0.29) is 0 Å². The maximum Gasteiger partial charge on any atom is 0.344 e. The van der Waals surface area contributed by atoms with E-state index >= 15 is 0 Å². The predicted octanol–water partition coefficient (Wildman–Crippen LogP) is 7.27. The van der Waals surface area contributed by atoms with Crippen molar-refractivity contribution in [2.45, 2.75) is 32.5 Å². The molecule has 0 fully saturated rings. The maximum absolute atomic E-state index is 11.5. The number of carboxylic acids is 1. The lowest BCUT2D eigenvalue weighted by Crippen LogP contribution is -2.26. The number of nitrogens with zero attached hydrogens (tertiary/aromatic N) is 1. The largest absolute Gasteiger partial charge is 0.487 e. The van der Waals surface area contributed by atoms with Crippen LogP contribution in [0.5, 0.6) is 11.5 Å². The Morgan fingerprint density at radius 3 is 2.63 bits per heavy atom. The zero-order valence-electron chi connectivity index (χ0n) is 19.4. The number of benzene rings is 3. The lowest BCUT2D eigenvalue weighted by atomic mass is 10.1. The van der Waals surface area contributed by atoms with Gasteiger partial charge in [-0.2, -0.15) is 0 Å². The van der Waals surface area contributed by atoms with Gasteiger partial charge in [0.2, 0.25) is 0 Å². The van der Waals surface area contributed by atoms with E-state index in [1.807, 2.05) is 85.8 Å². The van der Waals surface area contributed by atoms with Gasteiger partial charge < -0.3 is 14.6 Å². The molecule has 4 aromatic rings. The Bertz CT molecular complexity index is 1330. The molecular formula is C29H26ClNO4. The standard InChI is InChI=1S/C29H26ClNO4/c1-2-5-28(29(32)33)35-27-7-4-3-6-22(27)13-12-20-8-10-21(11-9-20)19-34-25-16-23-14-15-24(30)17-26(23)31-18-25/h3-4,6-18,28H,2,5,19H2,1H3,(H,32,33). The van der Waals surface area contributed by atoms with E-state index in [0.717, 1.165) is 34.0 Å². The molecule has 0 aliphatic heterocycles. The maximum atomic E-state index is 11.5. The van der Waals surface area contributed by atoms with Crippen molar-refractivity contribution in [3.8, 4) is 11.5 Å². The molecule has 0 aliphatic carbocycles. The van der Waals surface area contributed by atoms with Crippen LogP contribution in [0.15, 0.2) is 79.0 Å². The van der Waals surface area contributed by atoms with Gasteiger partial charge in [-0.15, -0.1) is 0 Å². The molecule has 1 heterocycles. The third-order valence-corrected chi connectivity index (χ3v) is 5.71. The second-order valence-electron chi connectivity index (χ2n) is 8.14. The van der Waals surface area contributed by atoms with E-state index in [0.29, 0.717) is 29.5 Å². The highest BCUT2D eigenvalue weighted by atomic mass is 35.5. The minimum atomic E-state index is -0.952. The first-order valence-electron chi connectivity index (χ1n) is 11.5. The van der Waals surface area contributed by atoms with Gasteiger partial charge in [0.05, 0.1) is 11.7 Å². The third-order valence-electron chi connectivity index (χ3n) is 5.48. The number of pyridine rings is 1. The van der Waals surface area contributed by atoms with Gasteiger partial charge in [-0.1, -0.05) is 85.6 Å². The fourth-order valence-electron chi connectivity index (χ4n) is 3.60. The molecule has 178 valence electrons. The van der Waals surface area contributed by atoms with Crippen LogP contribution in [0.4, 0.5) is 0 Å². The van der Waals surface area contributed by atoms with Gasteiger partial charge in [0.1, 0.15) is 18.1 Å². The first-order valence-corrected chi connectivity index (χ1v) is 11.8. The van der Waals surface area contributed by atoms with Crippen LogP contribution < -0.4 is 9.47 Å². The Hall–Kier alpha value is -3.83. The smallest absolute Gasteiger partial charge is 0.344 e. The number of rotatable bonds is 10. The molecule has 0 bridgehead atoms. The van der Waals surface area contributed by atoms with Gasteiger partial charge in [0.25, 0.3) is 0 Å². The molecule has 0 saturated carbocycles. The molecule has 0 radical (unpaired) electrons. The summed E-state index contributed by atoms with van der Waals surface area (Å²) in [5, 5.41) is 11.0. The first-order chi connectivity index (χ1) is 17.0. The van der Waals surface area contributed by atoms with Crippen LogP contribution in [0, 0.1) is 0 Å². The SMILES string of the molecule is CCCC(Oc1ccccc1C=Cc1ccc(COc2cnc3cc(Cl)ccc3c2)cc1)C(=O)O. The molecule has 0 amide bonds. The number of fused-ring (bicyclic) bond motifs is 1. The summed E-state index contributed by atoms with van der Waals surface area (Å²) in [5.74, 6) is 0.302. The summed E-state index contributed by atoms with van der Waals surface area (Å²) in [6.45, 7) is 2.37. The number of aromatic nitrogens is 1. The molecule has 0 spiro atoms. The normalized spacial score (nSPS) is 12.1. The second-order valence-corrected chi connectivity index (χ2v) is 8.58. The van der Waals surface area contributed by atoms with Gasteiger partial charge in [-0.3, -0.25) is 4.98 Å². The Kier molecular flexibility index (Phi) is 8.01. The highest BCUT2D eigenvalue weighted by Gasteiger charge is 2.19. The van der Waals surface area contributed by atoms with Crippen molar-refractivity contribution in [3.63, 3.8) is 0 Å². The van der Waals surface area contributed by atoms with E-state index in [2.05, 4.69) is 4.98 Å². The number of hydrogen-bond acceptors (Lipinski definition) is 4. The summed E-state index contributed by atoms with van der Waals surface area (Å²) in [6.07, 6.45) is 5.94. The number of para-hydroxylation sites is 1. The van der Waals surface area contributed by atoms with Gasteiger partial charge in [0, 0.05) is 16.0 Å². The van der Waals surface area contributed by atoms with Crippen molar-refractivity contribution < 1.29 is 19.4 Å². The molecule has 5 nitrogen and oxygen atoms in total. The number of ether oxygens (including phenoxy) is 2. The van der Waals surface area contributed by atoms with Crippen molar-refractivity contribution >= 4 is 40.6 Å². The Morgan fingerprint density at radius 1 is 1.06 bits per heavy atom. The minimum Gasteiger partial charge on any atom is -0.487 e. The average molecular weight is 488 g/mol. The Morgan fingerprint density at radius 2 is 1.86 bits per heavy atom. The third kappa shape index (κ3) is 6.61. The topological polar surface area (TPSA) is 68.7 Å². The molecule has 1 atom stereocenters. The van der Waals surface area contributed by atoms with Crippen LogP contribution in [0.25, 0.3) is 23.1 Å². The van der Waals surface area contributed by atoms with Gasteiger partial charge in [0.15, 0.2) is 6.10 Å². The molecule has 1 unspecified atom stereocenters. The average Bonchev–Trinajstić information content (AvgIpc) is 2.87. The Labute approximate surface area is 209 Å². The van der Waals surface area contributed by atoms with Crippen LogP contribution in [0.2, 0.25) is 5.02 Å². The number of hydrogen-bond donors (Lipinski definition) is 1. The quantitative estimate of drug-likeness (QED) is 0.238. The Balaban J connectivity index is 1.39. The van der Waals surface area contributed by atoms with E-state index in [9.17, 15) is 9.90 Å². The van der Waals surface area contributed by atoms with Gasteiger partial charge in [-0.05, 0) is 41.8 Å². The van der Waals surface area contributed by atoms with Gasteiger partial charge in [-0.25, -0.2) is 4.79 Å². The predicted molar refractivity (Wildman–Crippen MR) is 140 cm³/mol. The monoisotopic (exact) mass is 487 g/mol. The summed E-state index contributed by atoms with van der Waals surface area (Å²) in [7, 11) is 0. The highest BCUT2D eigenvalue weighted by molar-refractivity contribution is 6.31. The van der Waals surface area contributed by atoms with Crippen molar-refractivity contribution in [2.24, 2.45) is 0 Å². The van der Waals surface area contributed by atoms with Crippen molar-refractivity contribution in [2.75, 3.05) is 0 Å². The second kappa shape index (κ2) is 11.5. The lowest BCUT2D eigenvalue weighted by molar-refractivity contribution is -0.145. The lowest BCUT2D eigenvalue weighted by Gasteiger charge is -2.16. The zero-order chi connectivity index (χ0) is 24.6. The van der Waals surface area contributed by atoms with E-state index in [1.165, 1.54) is 0 Å². The number of carbonyl (C=O) groups is 1. The van der Waals surface area contributed by atoms with Gasteiger partial charge >= 0.3 is 5.97 Å². The molecule has 4 rings (SSSR count). The van der Waals surface area contributed by atoms with E-state index in [4.69, 9.17) is 21.1 Å². The summed E-state index contributed by atoms with van der Waals surface area (Å²) in [6, 6.07) is 23.0. The van der Waals surface area contributed by atoms with Crippen LogP contribution in [0.1, 0.15) is 36.5 Å². The first kappa shape index (κ1) is 24.3. The van der Waals surface area contributed by atoms with Crippen LogP contribution >= 0.6 is 11.6 Å². The highest BCUT2D eigenvalue weighted by Crippen LogP contribution is 2.24. The summed E-state index contributed by atoms with van der Waals surface area (Å²) >= 11 is 6.02. The van der Waals surface area contributed by atoms with Crippen LogP contribution in [0.3, 0.4) is 0 Å². The molecule has 1 N–H and O–H groups in total. The van der Waals surface area contributed by atoms with Crippen molar-refractivity contribution in [1.82, 2.24) is 4.98 Å². The molecule has 3 aromatic carbocycles. The van der Waals surface area contributed by atoms with Crippen molar-refractivity contribution in [1.29, 1.82) is 0 Å². The summed E-state index contributed by atoms with van der Waals surface area (Å²) in [5.41, 5.74) is 3.70. The number of aliphatic carboxylic acids is 1. The fourth-order valence-corrected chi connectivity index (χ4v) is 3.77. The van der Waals surface area contributed by atoms with E-state index in [1.54, 1.807) is 12.3 Å². The molecule has 0 saturated heterocycles. The fraction of sp³-hybridized carbons (Fsp3) is 0.172. The summed E-state index contributed by atoms with van der Waals surface area (Å²) in [4.78, 5) is 15.9. The number of carboxylic acid groups (broad SMARTS) is 1. The van der Waals surface area contributed by atoms with Crippen LogP contribution in [-0.2, 0) is 11.4 Å². The molecule has 0 aliphatic rings. The minimum absolute atomic E-state index is 0.426. The molecular weight excluding hydrogens is 462 g/mol. The molecule has 6 heteroatoms. The molecule has 35 heavy (non-hydrogen) atoms. The zero-order valence-corrected chi connectivity index (χ0v) is 20.1.